The molecule has 1 aromatic rings. The standard InChI is InChI=1S/C14H19NO4/c1-8-12-9(5-6-15(8)2)13(19-4)10(14(16)17)7-11(12)18-3/h7-8H,5-6H2,1-4H3,(H,16,17). The summed E-state index contributed by atoms with van der Waals surface area (Å²) in [6.45, 7) is 2.96. The summed E-state index contributed by atoms with van der Waals surface area (Å²) in [5, 5.41) is 9.29. The van der Waals surface area contributed by atoms with Crippen LogP contribution >= 0.6 is 0 Å². The molecule has 5 nitrogen and oxygen atoms in total. The lowest BCUT2D eigenvalue weighted by molar-refractivity contribution is 0.0692. The van der Waals surface area contributed by atoms with Gasteiger partial charge in [0.1, 0.15) is 17.1 Å². The molecule has 1 atom stereocenters. The van der Waals surface area contributed by atoms with Crippen LogP contribution in [0.15, 0.2) is 6.07 Å². The number of methoxy groups -OCH3 is 2. The average molecular weight is 265 g/mol. The Bertz CT molecular complexity index is 513. The average Bonchev–Trinajstić information content (AvgIpc) is 2.40. The van der Waals surface area contributed by atoms with Crippen LogP contribution in [0.4, 0.5) is 0 Å². The lowest BCUT2D eigenvalue weighted by Crippen LogP contribution is -2.31. The maximum atomic E-state index is 11.3. The summed E-state index contributed by atoms with van der Waals surface area (Å²) in [6.07, 6.45) is 0.761. The number of hydrogen-bond donors (Lipinski definition) is 1. The number of fused-ring (bicyclic) bond motifs is 1. The molecule has 1 aliphatic heterocycles. The van der Waals surface area contributed by atoms with Gasteiger partial charge in [0.25, 0.3) is 0 Å². The summed E-state index contributed by atoms with van der Waals surface area (Å²) in [5.74, 6) is 0.0834. The molecule has 0 amide bonds. The van der Waals surface area contributed by atoms with Gasteiger partial charge in [0.2, 0.25) is 0 Å². The largest absolute Gasteiger partial charge is 0.496 e. The zero-order valence-corrected chi connectivity index (χ0v) is 11.7. The Balaban J connectivity index is 2.72. The van der Waals surface area contributed by atoms with Crippen molar-refractivity contribution in [3.8, 4) is 11.5 Å². The van der Waals surface area contributed by atoms with Gasteiger partial charge in [-0.15, -0.1) is 0 Å². The first-order chi connectivity index (χ1) is 9.01. The van der Waals surface area contributed by atoms with Gasteiger partial charge in [0.15, 0.2) is 0 Å². The normalized spacial score (nSPS) is 18.8. The van der Waals surface area contributed by atoms with E-state index in [4.69, 9.17) is 9.47 Å². The Morgan fingerprint density at radius 2 is 2.11 bits per heavy atom. The molecule has 2 rings (SSSR count). The first kappa shape index (κ1) is 13.7. The third-order valence-corrected chi connectivity index (χ3v) is 3.83. The number of hydrogen-bond acceptors (Lipinski definition) is 4. The number of nitrogens with zero attached hydrogens (tertiary/aromatic N) is 1. The molecule has 1 aliphatic rings. The van der Waals surface area contributed by atoms with Gasteiger partial charge in [0.05, 0.1) is 14.2 Å². The molecule has 5 heteroatoms. The van der Waals surface area contributed by atoms with Crippen molar-refractivity contribution < 1.29 is 19.4 Å². The summed E-state index contributed by atoms with van der Waals surface area (Å²) in [5.41, 5.74) is 2.14. The van der Waals surface area contributed by atoms with Gasteiger partial charge in [-0.05, 0) is 26.5 Å². The van der Waals surface area contributed by atoms with E-state index < -0.39 is 5.97 Å². The quantitative estimate of drug-likeness (QED) is 0.905. The summed E-state index contributed by atoms with van der Waals surface area (Å²) >= 11 is 0. The van der Waals surface area contributed by atoms with E-state index >= 15 is 0 Å². The number of aromatic carboxylic acids is 1. The third-order valence-electron chi connectivity index (χ3n) is 3.83. The summed E-state index contributed by atoms with van der Waals surface area (Å²) in [6, 6.07) is 1.73. The molecule has 1 N–H and O–H groups in total. The zero-order valence-electron chi connectivity index (χ0n) is 11.7. The van der Waals surface area contributed by atoms with Crippen molar-refractivity contribution in [2.75, 3.05) is 27.8 Å². The number of carboxylic acids is 1. The molecule has 0 bridgehead atoms. The number of rotatable bonds is 3. The monoisotopic (exact) mass is 265 g/mol. The predicted octanol–water partition coefficient (Wildman–Crippen LogP) is 1.95. The molecule has 1 aromatic carbocycles. The molecular formula is C14H19NO4. The fraction of sp³-hybridized carbons (Fsp3) is 0.500. The van der Waals surface area contributed by atoms with Crippen molar-refractivity contribution >= 4 is 5.97 Å². The lowest BCUT2D eigenvalue weighted by atomic mass is 9.90. The molecule has 0 aromatic heterocycles. The van der Waals surface area contributed by atoms with Gasteiger partial charge in [0, 0.05) is 23.7 Å². The van der Waals surface area contributed by atoms with Gasteiger partial charge in [-0.3, -0.25) is 4.90 Å². The SMILES string of the molecule is COc1cc(C(=O)O)c(OC)c2c1C(C)N(C)CC2. The molecule has 1 heterocycles. The highest BCUT2D eigenvalue weighted by Gasteiger charge is 2.30. The molecule has 0 saturated carbocycles. The molecule has 0 radical (unpaired) electrons. The van der Waals surface area contributed by atoms with Crippen LogP contribution in [-0.4, -0.2) is 43.8 Å². The predicted molar refractivity (Wildman–Crippen MR) is 71.3 cm³/mol. The second-order valence-corrected chi connectivity index (χ2v) is 4.76. The van der Waals surface area contributed by atoms with Crippen LogP contribution in [0.1, 0.15) is 34.5 Å². The molecule has 0 spiro atoms. The second kappa shape index (κ2) is 5.09. The van der Waals surface area contributed by atoms with Crippen LogP contribution in [0, 0.1) is 0 Å². The lowest BCUT2D eigenvalue weighted by Gasteiger charge is -2.34. The van der Waals surface area contributed by atoms with Gasteiger partial charge in [-0.1, -0.05) is 0 Å². The minimum absolute atomic E-state index is 0.162. The van der Waals surface area contributed by atoms with Crippen LogP contribution < -0.4 is 9.47 Å². The fourth-order valence-corrected chi connectivity index (χ4v) is 2.68. The Hall–Kier alpha value is -1.75. The number of likely N-dealkylation sites (N-methyl/N-ethyl adjacent to an activating group) is 1. The highest BCUT2D eigenvalue weighted by Crippen LogP contribution is 2.42. The number of carbonyl (C=O) groups is 1. The maximum Gasteiger partial charge on any atom is 0.339 e. The van der Waals surface area contributed by atoms with Crippen molar-refractivity contribution in [2.24, 2.45) is 0 Å². The van der Waals surface area contributed by atoms with E-state index in [0.717, 1.165) is 24.1 Å². The fourth-order valence-electron chi connectivity index (χ4n) is 2.68. The summed E-state index contributed by atoms with van der Waals surface area (Å²) in [7, 11) is 5.12. The highest BCUT2D eigenvalue weighted by molar-refractivity contribution is 5.92. The molecule has 1 unspecified atom stereocenters. The summed E-state index contributed by atoms with van der Waals surface area (Å²) < 4.78 is 10.7. The van der Waals surface area contributed by atoms with Crippen LogP contribution in [-0.2, 0) is 6.42 Å². The van der Waals surface area contributed by atoms with Gasteiger partial charge in [-0.2, -0.15) is 0 Å². The van der Waals surface area contributed by atoms with E-state index in [0.29, 0.717) is 11.5 Å². The van der Waals surface area contributed by atoms with E-state index in [1.54, 1.807) is 13.2 Å². The first-order valence-electron chi connectivity index (χ1n) is 6.22. The second-order valence-electron chi connectivity index (χ2n) is 4.76. The van der Waals surface area contributed by atoms with E-state index in [9.17, 15) is 9.90 Å². The van der Waals surface area contributed by atoms with Crippen LogP contribution in [0.2, 0.25) is 0 Å². The van der Waals surface area contributed by atoms with E-state index in [-0.39, 0.29) is 11.6 Å². The zero-order chi connectivity index (χ0) is 14.2. The minimum Gasteiger partial charge on any atom is -0.496 e. The molecular weight excluding hydrogens is 246 g/mol. The van der Waals surface area contributed by atoms with Crippen LogP contribution in [0.3, 0.4) is 0 Å². The van der Waals surface area contributed by atoms with Gasteiger partial charge < -0.3 is 14.6 Å². The van der Waals surface area contributed by atoms with Crippen molar-refractivity contribution in [3.63, 3.8) is 0 Å². The van der Waals surface area contributed by atoms with Crippen molar-refractivity contribution in [1.82, 2.24) is 4.90 Å². The molecule has 0 fully saturated rings. The van der Waals surface area contributed by atoms with Gasteiger partial charge >= 0.3 is 5.97 Å². The Morgan fingerprint density at radius 3 is 2.63 bits per heavy atom. The Kier molecular flexibility index (Phi) is 3.66. The smallest absolute Gasteiger partial charge is 0.339 e. The third kappa shape index (κ3) is 2.14. The van der Waals surface area contributed by atoms with Crippen molar-refractivity contribution in [1.29, 1.82) is 0 Å². The molecule has 19 heavy (non-hydrogen) atoms. The number of benzene rings is 1. The first-order valence-corrected chi connectivity index (χ1v) is 6.22. The summed E-state index contributed by atoms with van der Waals surface area (Å²) in [4.78, 5) is 13.5. The maximum absolute atomic E-state index is 11.3. The van der Waals surface area contributed by atoms with Crippen LogP contribution in [0.5, 0.6) is 11.5 Å². The van der Waals surface area contributed by atoms with Gasteiger partial charge in [-0.25, -0.2) is 4.79 Å². The molecule has 0 saturated heterocycles. The minimum atomic E-state index is -0.996. The van der Waals surface area contributed by atoms with Crippen molar-refractivity contribution in [2.45, 2.75) is 19.4 Å². The Labute approximate surface area is 112 Å². The number of ether oxygens (including phenoxy) is 2. The molecule has 0 aliphatic carbocycles. The highest BCUT2D eigenvalue weighted by atomic mass is 16.5. The van der Waals surface area contributed by atoms with Crippen LogP contribution in [0.25, 0.3) is 0 Å². The van der Waals surface area contributed by atoms with Crippen molar-refractivity contribution in [3.05, 3.63) is 22.8 Å². The Morgan fingerprint density at radius 1 is 1.42 bits per heavy atom. The number of carboxylic acid groups (broad SMARTS) is 1. The van der Waals surface area contributed by atoms with E-state index in [1.165, 1.54) is 7.11 Å². The molecule has 104 valence electrons. The van der Waals surface area contributed by atoms with E-state index in [1.807, 2.05) is 7.05 Å². The van der Waals surface area contributed by atoms with E-state index in [2.05, 4.69) is 11.8 Å². The topological polar surface area (TPSA) is 59.0 Å².